The van der Waals surface area contributed by atoms with Crippen molar-refractivity contribution in [3.05, 3.63) is 59.7 Å². The SMILES string of the molecule is COc1cc(C=CC(=O)N(C(=O)CN)[C@H](C=O)Cc2ccccc2)cc(OC)c1OC. The molecule has 2 amide bonds. The van der Waals surface area contributed by atoms with Crippen molar-refractivity contribution in [2.24, 2.45) is 5.73 Å². The van der Waals surface area contributed by atoms with Crippen LogP contribution >= 0.6 is 0 Å². The number of carbonyl (C=O) groups is 3. The van der Waals surface area contributed by atoms with Gasteiger partial charge in [-0.3, -0.25) is 14.5 Å². The van der Waals surface area contributed by atoms with Crippen molar-refractivity contribution in [2.45, 2.75) is 12.5 Å². The molecule has 0 aliphatic rings. The molecule has 0 aliphatic carbocycles. The van der Waals surface area contributed by atoms with Gasteiger partial charge in [0.25, 0.3) is 5.91 Å². The second-order valence-electron chi connectivity index (χ2n) is 6.49. The summed E-state index contributed by atoms with van der Waals surface area (Å²) in [4.78, 5) is 37.8. The highest BCUT2D eigenvalue weighted by Crippen LogP contribution is 2.38. The molecule has 0 fully saturated rings. The lowest BCUT2D eigenvalue weighted by atomic mass is 10.0. The minimum Gasteiger partial charge on any atom is -0.493 e. The van der Waals surface area contributed by atoms with E-state index in [2.05, 4.69) is 0 Å². The Morgan fingerprint density at radius 2 is 1.65 bits per heavy atom. The topological polar surface area (TPSA) is 108 Å². The van der Waals surface area contributed by atoms with Gasteiger partial charge < -0.3 is 24.7 Å². The Labute approximate surface area is 181 Å². The summed E-state index contributed by atoms with van der Waals surface area (Å²) in [6, 6.07) is 11.4. The molecule has 0 saturated heterocycles. The van der Waals surface area contributed by atoms with Gasteiger partial charge in [-0.25, -0.2) is 0 Å². The van der Waals surface area contributed by atoms with Gasteiger partial charge >= 0.3 is 0 Å². The average Bonchev–Trinajstić information content (AvgIpc) is 2.81. The molecule has 0 aromatic heterocycles. The van der Waals surface area contributed by atoms with Crippen LogP contribution < -0.4 is 19.9 Å². The van der Waals surface area contributed by atoms with E-state index in [9.17, 15) is 14.4 Å². The van der Waals surface area contributed by atoms with Crippen molar-refractivity contribution in [1.29, 1.82) is 0 Å². The zero-order valence-electron chi connectivity index (χ0n) is 17.7. The molecule has 8 nitrogen and oxygen atoms in total. The van der Waals surface area contributed by atoms with Crippen molar-refractivity contribution in [3.8, 4) is 17.2 Å². The standard InChI is InChI=1S/C23H26N2O6/c1-29-19-12-17(13-20(30-2)23(19)31-3)9-10-21(27)25(22(28)14-24)18(15-26)11-16-7-5-4-6-8-16/h4-10,12-13,15,18H,11,14,24H2,1-3H3/t18-/m0/s1. The van der Waals surface area contributed by atoms with Crippen LogP contribution in [-0.2, 0) is 20.8 Å². The zero-order chi connectivity index (χ0) is 22.8. The smallest absolute Gasteiger partial charge is 0.253 e. The lowest BCUT2D eigenvalue weighted by molar-refractivity contribution is -0.145. The number of rotatable bonds is 10. The normalized spacial score (nSPS) is 11.6. The van der Waals surface area contributed by atoms with Crippen molar-refractivity contribution in [1.82, 2.24) is 4.90 Å². The van der Waals surface area contributed by atoms with Gasteiger partial charge in [-0.15, -0.1) is 0 Å². The lowest BCUT2D eigenvalue weighted by Crippen LogP contribution is -2.48. The van der Waals surface area contributed by atoms with Crippen LogP contribution in [0.1, 0.15) is 11.1 Å². The molecule has 2 N–H and O–H groups in total. The number of hydrogen-bond acceptors (Lipinski definition) is 7. The van der Waals surface area contributed by atoms with E-state index in [1.54, 1.807) is 12.1 Å². The van der Waals surface area contributed by atoms with E-state index >= 15 is 0 Å². The monoisotopic (exact) mass is 426 g/mol. The molecular formula is C23H26N2O6. The number of ether oxygens (including phenoxy) is 3. The highest BCUT2D eigenvalue weighted by molar-refractivity contribution is 6.05. The largest absolute Gasteiger partial charge is 0.493 e. The van der Waals surface area contributed by atoms with Gasteiger partial charge in [0.15, 0.2) is 11.5 Å². The Bertz CT molecular complexity index is 917. The molecule has 0 radical (unpaired) electrons. The Morgan fingerprint density at radius 1 is 1.03 bits per heavy atom. The Balaban J connectivity index is 2.32. The quantitative estimate of drug-likeness (QED) is 0.456. The maximum atomic E-state index is 12.9. The predicted molar refractivity (Wildman–Crippen MR) is 116 cm³/mol. The molecule has 2 rings (SSSR count). The third kappa shape index (κ3) is 5.93. The first-order valence-electron chi connectivity index (χ1n) is 9.52. The number of benzene rings is 2. The molecule has 0 heterocycles. The van der Waals surface area contributed by atoms with Crippen LogP contribution in [0.25, 0.3) is 6.08 Å². The van der Waals surface area contributed by atoms with Crippen LogP contribution in [0.3, 0.4) is 0 Å². The van der Waals surface area contributed by atoms with Gasteiger partial charge in [0, 0.05) is 12.5 Å². The van der Waals surface area contributed by atoms with E-state index in [0.29, 0.717) is 29.1 Å². The summed E-state index contributed by atoms with van der Waals surface area (Å²) in [5, 5.41) is 0. The van der Waals surface area contributed by atoms with Crippen molar-refractivity contribution in [3.63, 3.8) is 0 Å². The van der Waals surface area contributed by atoms with Gasteiger partial charge in [-0.2, -0.15) is 0 Å². The summed E-state index contributed by atoms with van der Waals surface area (Å²) in [6.45, 7) is -0.400. The number of carbonyl (C=O) groups excluding carboxylic acids is 3. The fourth-order valence-electron chi connectivity index (χ4n) is 3.07. The van der Waals surface area contributed by atoms with E-state index in [0.717, 1.165) is 10.5 Å². The third-order valence-electron chi connectivity index (χ3n) is 4.56. The van der Waals surface area contributed by atoms with Gasteiger partial charge in [-0.1, -0.05) is 30.3 Å². The summed E-state index contributed by atoms with van der Waals surface area (Å²) >= 11 is 0. The number of imide groups is 1. The molecule has 0 spiro atoms. The Morgan fingerprint density at radius 3 is 2.13 bits per heavy atom. The van der Waals surface area contributed by atoms with E-state index in [-0.39, 0.29) is 6.42 Å². The fraction of sp³-hybridized carbons (Fsp3) is 0.261. The minimum atomic E-state index is -0.976. The average molecular weight is 426 g/mol. The van der Waals surface area contributed by atoms with Gasteiger partial charge in [-0.05, 0) is 29.3 Å². The number of hydrogen-bond donors (Lipinski definition) is 1. The first-order valence-corrected chi connectivity index (χ1v) is 9.52. The van der Waals surface area contributed by atoms with Crippen molar-refractivity contribution >= 4 is 24.2 Å². The van der Waals surface area contributed by atoms with Gasteiger partial charge in [0.1, 0.15) is 6.29 Å². The first-order chi connectivity index (χ1) is 15.0. The van der Waals surface area contributed by atoms with E-state index < -0.39 is 24.4 Å². The molecule has 0 saturated carbocycles. The van der Waals surface area contributed by atoms with E-state index in [4.69, 9.17) is 19.9 Å². The summed E-state index contributed by atoms with van der Waals surface area (Å²) in [5.41, 5.74) is 6.87. The van der Waals surface area contributed by atoms with Crippen LogP contribution in [-0.4, -0.2) is 56.9 Å². The predicted octanol–water partition coefficient (Wildman–Crippen LogP) is 1.85. The highest BCUT2D eigenvalue weighted by atomic mass is 16.5. The molecule has 2 aromatic rings. The highest BCUT2D eigenvalue weighted by Gasteiger charge is 2.27. The zero-order valence-corrected chi connectivity index (χ0v) is 17.7. The second-order valence-corrected chi connectivity index (χ2v) is 6.49. The fourth-order valence-corrected chi connectivity index (χ4v) is 3.07. The lowest BCUT2D eigenvalue weighted by Gasteiger charge is -2.25. The molecule has 2 aromatic carbocycles. The van der Waals surface area contributed by atoms with Crippen LogP contribution in [0.5, 0.6) is 17.2 Å². The maximum absolute atomic E-state index is 12.9. The molecule has 31 heavy (non-hydrogen) atoms. The molecule has 1 atom stereocenters. The van der Waals surface area contributed by atoms with Crippen LogP contribution in [0.4, 0.5) is 0 Å². The third-order valence-corrected chi connectivity index (χ3v) is 4.56. The molecule has 164 valence electrons. The molecular weight excluding hydrogens is 400 g/mol. The first kappa shape index (κ1) is 23.6. The Hall–Kier alpha value is -3.65. The van der Waals surface area contributed by atoms with E-state index in [1.807, 2.05) is 30.3 Å². The van der Waals surface area contributed by atoms with Crippen LogP contribution in [0.15, 0.2) is 48.5 Å². The number of methoxy groups -OCH3 is 3. The second kappa shape index (κ2) is 11.5. The molecule has 0 unspecified atom stereocenters. The van der Waals surface area contributed by atoms with Crippen molar-refractivity contribution < 1.29 is 28.6 Å². The number of aldehydes is 1. The molecule has 0 aliphatic heterocycles. The Kier molecular flexibility index (Phi) is 8.78. The number of amides is 2. The summed E-state index contributed by atoms with van der Waals surface area (Å²) in [6.07, 6.45) is 3.47. The summed E-state index contributed by atoms with van der Waals surface area (Å²) in [5.74, 6) is -0.0560. The number of nitrogens with two attached hydrogens (primary N) is 1. The molecule has 0 bridgehead atoms. The van der Waals surface area contributed by atoms with Crippen LogP contribution in [0, 0.1) is 0 Å². The minimum absolute atomic E-state index is 0.194. The van der Waals surface area contributed by atoms with Crippen molar-refractivity contribution in [2.75, 3.05) is 27.9 Å². The van der Waals surface area contributed by atoms with Gasteiger partial charge in [0.2, 0.25) is 11.7 Å². The number of nitrogens with zero attached hydrogens (tertiary/aromatic N) is 1. The summed E-state index contributed by atoms with van der Waals surface area (Å²) in [7, 11) is 4.45. The van der Waals surface area contributed by atoms with Gasteiger partial charge in [0.05, 0.1) is 33.9 Å². The summed E-state index contributed by atoms with van der Waals surface area (Å²) < 4.78 is 15.9. The van der Waals surface area contributed by atoms with Crippen LogP contribution in [0.2, 0.25) is 0 Å². The molecule has 8 heteroatoms. The maximum Gasteiger partial charge on any atom is 0.253 e. The van der Waals surface area contributed by atoms with E-state index in [1.165, 1.54) is 33.5 Å².